The van der Waals surface area contributed by atoms with Gasteiger partial charge in [-0.1, -0.05) is 0 Å². The minimum absolute atomic E-state index is 0. The van der Waals surface area contributed by atoms with E-state index in [1.54, 1.807) is 17.9 Å². The fourth-order valence-corrected chi connectivity index (χ4v) is 3.19. The summed E-state index contributed by atoms with van der Waals surface area (Å²) in [4.78, 5) is 40.6. The van der Waals surface area contributed by atoms with E-state index in [2.05, 4.69) is 4.98 Å². The highest BCUT2D eigenvalue weighted by molar-refractivity contribution is 5.97. The number of imidazole rings is 1. The maximum absolute atomic E-state index is 12.4. The zero-order chi connectivity index (χ0) is 21.1. The number of unbranched alkanes of at least 4 members (excludes halogenated alkanes) is 1. The summed E-state index contributed by atoms with van der Waals surface area (Å²) in [6, 6.07) is 4.02. The molecule has 0 bridgehead atoms. The van der Waals surface area contributed by atoms with Crippen LogP contribution >= 0.6 is 0 Å². The molecule has 0 spiro atoms. The van der Waals surface area contributed by atoms with Crippen LogP contribution in [0.15, 0.2) is 34.1 Å². The van der Waals surface area contributed by atoms with Gasteiger partial charge in [0, 0.05) is 26.2 Å². The number of hydrogen-bond donors (Lipinski definition) is 3. The van der Waals surface area contributed by atoms with Gasteiger partial charge in [-0.05, 0) is 31.0 Å². The van der Waals surface area contributed by atoms with Gasteiger partial charge in [0.05, 0.1) is 12.9 Å². The number of nitrogens with zero attached hydrogens (tertiary/aromatic N) is 4. The van der Waals surface area contributed by atoms with Crippen LogP contribution in [0.4, 0.5) is 0 Å². The SMILES string of the molecule is Cn1c(=O)c2c(ncn2CCCC[NH2+]CC(=O)c2ccc(O)c(O)c2)n(C)c1=O.[Cl-]. The van der Waals surface area contributed by atoms with Gasteiger partial charge < -0.3 is 32.5 Å². The number of carbonyl (C=O) groups excluding carboxylic acids is 1. The summed E-state index contributed by atoms with van der Waals surface area (Å²) in [6.45, 7) is 1.54. The second-order valence-electron chi connectivity index (χ2n) is 6.93. The van der Waals surface area contributed by atoms with Crippen molar-refractivity contribution in [2.75, 3.05) is 13.1 Å². The number of phenols is 2. The number of quaternary nitrogens is 1. The molecular formula is C19H24ClN5O5. The zero-order valence-electron chi connectivity index (χ0n) is 16.7. The molecule has 0 aliphatic heterocycles. The van der Waals surface area contributed by atoms with Gasteiger partial charge in [-0.25, -0.2) is 9.78 Å². The molecule has 4 N–H and O–H groups in total. The average molecular weight is 438 g/mol. The smallest absolute Gasteiger partial charge is 0.332 e. The van der Waals surface area contributed by atoms with Crippen molar-refractivity contribution >= 4 is 16.9 Å². The number of Topliss-reactive ketones (excluding diaryl/α,β-unsaturated/α-hetero) is 1. The van der Waals surface area contributed by atoms with Crippen LogP contribution in [0.5, 0.6) is 11.5 Å². The molecule has 0 amide bonds. The number of halogens is 1. The largest absolute Gasteiger partial charge is 1.00 e. The van der Waals surface area contributed by atoms with Crippen molar-refractivity contribution in [1.82, 2.24) is 18.7 Å². The van der Waals surface area contributed by atoms with Crippen LogP contribution in [0.2, 0.25) is 0 Å². The number of rotatable bonds is 8. The van der Waals surface area contributed by atoms with E-state index < -0.39 is 5.69 Å². The molecule has 162 valence electrons. The number of ketones is 1. The number of carbonyl (C=O) groups is 1. The molecule has 0 radical (unpaired) electrons. The molecule has 0 aliphatic rings. The van der Waals surface area contributed by atoms with Crippen LogP contribution < -0.4 is 29.0 Å². The molecule has 3 rings (SSSR count). The van der Waals surface area contributed by atoms with Gasteiger partial charge in [0.1, 0.15) is 6.54 Å². The molecule has 30 heavy (non-hydrogen) atoms. The van der Waals surface area contributed by atoms with Gasteiger partial charge in [0.25, 0.3) is 5.56 Å². The Kier molecular flexibility index (Phi) is 7.41. The molecule has 11 heteroatoms. The lowest BCUT2D eigenvalue weighted by atomic mass is 10.1. The number of aromatic nitrogens is 4. The predicted molar refractivity (Wildman–Crippen MR) is 105 cm³/mol. The van der Waals surface area contributed by atoms with Crippen molar-refractivity contribution in [3.63, 3.8) is 0 Å². The summed E-state index contributed by atoms with van der Waals surface area (Å²) >= 11 is 0. The van der Waals surface area contributed by atoms with Crippen molar-refractivity contribution in [3.8, 4) is 11.5 Å². The summed E-state index contributed by atoms with van der Waals surface area (Å²) in [5.41, 5.74) is 0.347. The first-order valence-corrected chi connectivity index (χ1v) is 9.29. The van der Waals surface area contributed by atoms with Gasteiger partial charge in [-0.2, -0.15) is 0 Å². The second-order valence-corrected chi connectivity index (χ2v) is 6.93. The van der Waals surface area contributed by atoms with Crippen LogP contribution in [0, 0.1) is 0 Å². The van der Waals surface area contributed by atoms with Gasteiger partial charge >= 0.3 is 5.69 Å². The number of nitrogens with two attached hydrogens (primary N) is 1. The van der Waals surface area contributed by atoms with Gasteiger partial charge in [0.15, 0.2) is 22.7 Å². The number of phenolic OH excluding ortho intramolecular Hbond substituents is 2. The molecule has 2 heterocycles. The summed E-state index contributed by atoms with van der Waals surface area (Å²) in [6.07, 6.45) is 3.16. The average Bonchev–Trinajstić information content (AvgIpc) is 3.13. The van der Waals surface area contributed by atoms with E-state index in [0.29, 0.717) is 23.3 Å². The van der Waals surface area contributed by atoms with Crippen molar-refractivity contribution in [1.29, 1.82) is 0 Å². The summed E-state index contributed by atoms with van der Waals surface area (Å²) < 4.78 is 4.18. The normalized spacial score (nSPS) is 10.9. The molecule has 0 saturated carbocycles. The van der Waals surface area contributed by atoms with E-state index in [9.17, 15) is 24.6 Å². The first-order valence-electron chi connectivity index (χ1n) is 9.29. The Bertz CT molecular complexity index is 1180. The molecular weight excluding hydrogens is 414 g/mol. The Morgan fingerprint density at radius 2 is 1.83 bits per heavy atom. The van der Waals surface area contributed by atoms with Crippen molar-refractivity contribution in [3.05, 3.63) is 50.9 Å². The monoisotopic (exact) mass is 437 g/mol. The highest BCUT2D eigenvalue weighted by atomic mass is 35.5. The highest BCUT2D eigenvalue weighted by Crippen LogP contribution is 2.24. The lowest BCUT2D eigenvalue weighted by molar-refractivity contribution is -0.643. The van der Waals surface area contributed by atoms with Crippen LogP contribution in [-0.4, -0.2) is 47.8 Å². The first kappa shape index (κ1) is 23.2. The standard InChI is InChI=1S/C19H23N5O5.ClH/c1-22-17-16(18(28)23(2)19(22)29)24(11-21-17)8-4-3-7-20-10-15(27)12-5-6-13(25)14(26)9-12;/h5-6,9,11,20,25-26H,3-4,7-8,10H2,1-2H3;1H. The lowest BCUT2D eigenvalue weighted by Gasteiger charge is -2.07. The van der Waals surface area contributed by atoms with Crippen LogP contribution in [0.25, 0.3) is 11.2 Å². The maximum atomic E-state index is 12.4. The summed E-state index contributed by atoms with van der Waals surface area (Å²) in [7, 11) is 3.03. The minimum atomic E-state index is -0.408. The Balaban J connectivity index is 0.00000320. The van der Waals surface area contributed by atoms with E-state index in [4.69, 9.17) is 0 Å². The van der Waals surface area contributed by atoms with Crippen LogP contribution in [0.3, 0.4) is 0 Å². The zero-order valence-corrected chi connectivity index (χ0v) is 17.5. The van der Waals surface area contributed by atoms with E-state index in [-0.39, 0.29) is 41.8 Å². The van der Waals surface area contributed by atoms with Crippen molar-refractivity contribution in [2.45, 2.75) is 19.4 Å². The number of fused-ring (bicyclic) bond motifs is 1. The molecule has 0 atom stereocenters. The van der Waals surface area contributed by atoms with Gasteiger partial charge in [0.2, 0.25) is 5.78 Å². The molecule has 1 aromatic carbocycles. The van der Waals surface area contributed by atoms with E-state index >= 15 is 0 Å². The van der Waals surface area contributed by atoms with Crippen LogP contribution in [-0.2, 0) is 20.6 Å². The number of benzene rings is 1. The molecule has 2 aromatic heterocycles. The third kappa shape index (κ3) is 4.55. The molecule has 0 fully saturated rings. The highest BCUT2D eigenvalue weighted by Gasteiger charge is 2.14. The quantitative estimate of drug-likeness (QED) is 0.187. The Labute approximate surface area is 177 Å². The number of hydrogen-bond acceptors (Lipinski definition) is 6. The minimum Gasteiger partial charge on any atom is -1.00 e. The third-order valence-electron chi connectivity index (χ3n) is 4.90. The molecule has 0 saturated heterocycles. The first-order chi connectivity index (χ1) is 13.8. The topological polar surface area (TPSA) is 136 Å². The van der Waals surface area contributed by atoms with E-state index in [0.717, 1.165) is 24.0 Å². The van der Waals surface area contributed by atoms with Crippen molar-refractivity contribution in [2.24, 2.45) is 14.1 Å². The molecule has 0 aliphatic carbocycles. The van der Waals surface area contributed by atoms with Gasteiger partial charge in [-0.15, -0.1) is 0 Å². The second kappa shape index (κ2) is 9.59. The third-order valence-corrected chi connectivity index (χ3v) is 4.90. The molecule has 10 nitrogen and oxygen atoms in total. The van der Waals surface area contributed by atoms with E-state index in [1.807, 2.05) is 5.32 Å². The lowest BCUT2D eigenvalue weighted by Crippen LogP contribution is -3.00. The maximum Gasteiger partial charge on any atom is 0.332 e. The molecule has 0 unspecified atom stereocenters. The van der Waals surface area contributed by atoms with E-state index in [1.165, 1.54) is 29.8 Å². The Morgan fingerprint density at radius 3 is 2.53 bits per heavy atom. The van der Waals surface area contributed by atoms with Gasteiger partial charge in [-0.3, -0.25) is 18.7 Å². The Hall–Kier alpha value is -3.11. The predicted octanol–water partition coefficient (Wildman–Crippen LogP) is -3.92. The summed E-state index contributed by atoms with van der Waals surface area (Å²) in [5.74, 6) is -0.704. The van der Waals surface area contributed by atoms with Crippen LogP contribution in [0.1, 0.15) is 23.2 Å². The summed E-state index contributed by atoms with van der Waals surface area (Å²) in [5, 5.41) is 20.6. The Morgan fingerprint density at radius 1 is 1.10 bits per heavy atom. The molecule has 3 aromatic rings. The fraction of sp³-hybridized carbons (Fsp3) is 0.368. The number of aromatic hydroxyl groups is 2. The number of aryl methyl sites for hydroxylation is 2. The van der Waals surface area contributed by atoms with Crippen molar-refractivity contribution < 1.29 is 32.7 Å². The fourth-order valence-electron chi connectivity index (χ4n) is 3.19.